The molecule has 38 heavy (non-hydrogen) atoms. The molecule has 0 aliphatic heterocycles. The van der Waals surface area contributed by atoms with Crippen molar-refractivity contribution in [3.63, 3.8) is 0 Å². The van der Waals surface area contributed by atoms with E-state index in [0.29, 0.717) is 17.8 Å². The molecule has 0 radical (unpaired) electrons. The third-order valence-corrected chi connectivity index (χ3v) is 7.53. The number of hydrogen-bond acceptors (Lipinski definition) is 4. The molecule has 0 spiro atoms. The SMILES string of the molecule is CC(C)CN(Cc1cnc(S(=O)(=O)Cc2ccc(F)cc2)n1Cc1ccccc1)C(=O)c1cccc(F)c1. The lowest BCUT2D eigenvalue weighted by Gasteiger charge is -2.25. The van der Waals surface area contributed by atoms with E-state index < -0.39 is 21.5 Å². The van der Waals surface area contributed by atoms with Crippen molar-refractivity contribution in [2.75, 3.05) is 6.54 Å². The largest absolute Gasteiger partial charge is 0.333 e. The average molecular weight is 538 g/mol. The number of amides is 1. The highest BCUT2D eigenvalue weighted by Crippen LogP contribution is 2.22. The highest BCUT2D eigenvalue weighted by atomic mass is 32.2. The summed E-state index contributed by atoms with van der Waals surface area (Å²) in [7, 11) is -3.92. The number of carbonyl (C=O) groups excluding carboxylic acids is 1. The molecule has 0 saturated heterocycles. The molecule has 6 nitrogen and oxygen atoms in total. The summed E-state index contributed by atoms with van der Waals surface area (Å²) in [6.45, 7) is 4.61. The van der Waals surface area contributed by atoms with Crippen molar-refractivity contribution in [3.8, 4) is 0 Å². The Labute approximate surface area is 221 Å². The molecular formula is C29H29F2N3O3S. The van der Waals surface area contributed by atoms with Gasteiger partial charge in [-0.3, -0.25) is 4.79 Å². The average Bonchev–Trinajstić information content (AvgIpc) is 3.27. The molecule has 0 bridgehead atoms. The van der Waals surface area contributed by atoms with Crippen LogP contribution >= 0.6 is 0 Å². The molecule has 3 aromatic carbocycles. The van der Waals surface area contributed by atoms with Gasteiger partial charge in [-0.15, -0.1) is 0 Å². The van der Waals surface area contributed by atoms with E-state index in [-0.39, 0.29) is 41.4 Å². The van der Waals surface area contributed by atoms with Crippen molar-refractivity contribution in [2.24, 2.45) is 5.92 Å². The van der Waals surface area contributed by atoms with Gasteiger partial charge in [0.15, 0.2) is 0 Å². The molecule has 0 unspecified atom stereocenters. The van der Waals surface area contributed by atoms with Crippen molar-refractivity contribution < 1.29 is 22.0 Å². The number of benzene rings is 3. The number of rotatable bonds is 10. The molecule has 0 saturated carbocycles. The first-order chi connectivity index (χ1) is 18.1. The first-order valence-electron chi connectivity index (χ1n) is 12.2. The van der Waals surface area contributed by atoms with Crippen LogP contribution < -0.4 is 0 Å². The number of nitrogens with zero attached hydrogens (tertiary/aromatic N) is 3. The maximum Gasteiger partial charge on any atom is 0.254 e. The van der Waals surface area contributed by atoms with Crippen molar-refractivity contribution in [3.05, 3.63) is 119 Å². The Kier molecular flexibility index (Phi) is 8.36. The molecule has 1 amide bonds. The van der Waals surface area contributed by atoms with Gasteiger partial charge in [-0.1, -0.05) is 62.4 Å². The zero-order valence-electron chi connectivity index (χ0n) is 21.2. The van der Waals surface area contributed by atoms with Gasteiger partial charge >= 0.3 is 0 Å². The third kappa shape index (κ3) is 6.72. The minimum absolute atomic E-state index is 0.0828. The first-order valence-corrected chi connectivity index (χ1v) is 13.9. The highest BCUT2D eigenvalue weighted by Gasteiger charge is 2.26. The predicted octanol–water partition coefficient (Wildman–Crippen LogP) is 5.48. The van der Waals surface area contributed by atoms with E-state index in [1.807, 2.05) is 44.2 Å². The fourth-order valence-corrected chi connectivity index (χ4v) is 5.72. The molecule has 9 heteroatoms. The lowest BCUT2D eigenvalue weighted by Crippen LogP contribution is -2.34. The maximum absolute atomic E-state index is 13.8. The summed E-state index contributed by atoms with van der Waals surface area (Å²) in [5.41, 5.74) is 2.03. The second-order valence-electron chi connectivity index (χ2n) is 9.58. The topological polar surface area (TPSA) is 72.3 Å². The number of sulfone groups is 1. The van der Waals surface area contributed by atoms with Crippen LogP contribution in [-0.4, -0.2) is 35.3 Å². The van der Waals surface area contributed by atoms with Crippen LogP contribution in [0, 0.1) is 17.6 Å². The fraction of sp³-hybridized carbons (Fsp3) is 0.241. The summed E-state index contributed by atoms with van der Waals surface area (Å²) in [5, 5.41) is -0.136. The first kappa shape index (κ1) is 27.2. The van der Waals surface area contributed by atoms with Crippen molar-refractivity contribution in [2.45, 2.75) is 37.8 Å². The molecule has 0 aliphatic carbocycles. The summed E-state index contributed by atoms with van der Waals surface area (Å²) >= 11 is 0. The van der Waals surface area contributed by atoms with Gasteiger partial charge in [-0.2, -0.15) is 0 Å². The molecule has 0 atom stereocenters. The summed E-state index contributed by atoms with van der Waals surface area (Å²) in [4.78, 5) is 19.2. The Morgan fingerprint density at radius 2 is 1.63 bits per heavy atom. The number of aromatic nitrogens is 2. The number of hydrogen-bond donors (Lipinski definition) is 0. The predicted molar refractivity (Wildman–Crippen MR) is 141 cm³/mol. The Morgan fingerprint density at radius 1 is 0.921 bits per heavy atom. The minimum Gasteiger partial charge on any atom is -0.333 e. The second kappa shape index (κ2) is 11.7. The quantitative estimate of drug-likeness (QED) is 0.269. The Morgan fingerprint density at radius 3 is 2.29 bits per heavy atom. The van der Waals surface area contributed by atoms with Gasteiger partial charge in [-0.05, 0) is 47.4 Å². The fourth-order valence-electron chi connectivity index (χ4n) is 4.23. The number of halogens is 2. The molecule has 1 heterocycles. The molecule has 1 aromatic heterocycles. The Balaban J connectivity index is 1.72. The van der Waals surface area contributed by atoms with Gasteiger partial charge in [0.1, 0.15) is 11.6 Å². The van der Waals surface area contributed by atoms with E-state index in [9.17, 15) is 22.0 Å². The van der Waals surface area contributed by atoms with Crippen LogP contribution in [0.5, 0.6) is 0 Å². The van der Waals surface area contributed by atoms with E-state index >= 15 is 0 Å². The summed E-state index contributed by atoms with van der Waals surface area (Å²) in [5.74, 6) is -1.56. The van der Waals surface area contributed by atoms with Crippen LogP contribution in [0.4, 0.5) is 8.78 Å². The van der Waals surface area contributed by atoms with Crippen LogP contribution in [0.1, 0.15) is 41.0 Å². The summed E-state index contributed by atoms with van der Waals surface area (Å²) in [6, 6.07) is 20.1. The third-order valence-electron chi connectivity index (χ3n) is 5.93. The second-order valence-corrected chi connectivity index (χ2v) is 11.5. The van der Waals surface area contributed by atoms with E-state index in [4.69, 9.17) is 0 Å². The lowest BCUT2D eigenvalue weighted by atomic mass is 10.1. The monoisotopic (exact) mass is 537 g/mol. The lowest BCUT2D eigenvalue weighted by molar-refractivity contribution is 0.0718. The number of carbonyl (C=O) groups is 1. The van der Waals surface area contributed by atoms with Crippen LogP contribution in [0.3, 0.4) is 0 Å². The zero-order chi connectivity index (χ0) is 27.3. The minimum atomic E-state index is -3.92. The molecule has 4 rings (SSSR count). The van der Waals surface area contributed by atoms with E-state index in [2.05, 4.69) is 4.98 Å². The van der Waals surface area contributed by atoms with Gasteiger partial charge in [0, 0.05) is 12.1 Å². The van der Waals surface area contributed by atoms with E-state index in [1.165, 1.54) is 48.7 Å². The van der Waals surface area contributed by atoms with Crippen molar-refractivity contribution in [1.29, 1.82) is 0 Å². The zero-order valence-corrected chi connectivity index (χ0v) is 22.0. The van der Waals surface area contributed by atoms with Crippen LogP contribution in [0.25, 0.3) is 0 Å². The van der Waals surface area contributed by atoms with Crippen molar-refractivity contribution >= 4 is 15.7 Å². The van der Waals surface area contributed by atoms with E-state index in [0.717, 1.165) is 5.56 Å². The van der Waals surface area contributed by atoms with Crippen molar-refractivity contribution in [1.82, 2.24) is 14.5 Å². The smallest absolute Gasteiger partial charge is 0.254 e. The summed E-state index contributed by atoms with van der Waals surface area (Å²) in [6.07, 6.45) is 1.46. The Hall–Kier alpha value is -3.85. The Bertz CT molecular complexity index is 1500. The maximum atomic E-state index is 13.8. The van der Waals surface area contributed by atoms with Gasteiger partial charge < -0.3 is 9.47 Å². The van der Waals surface area contributed by atoms with Crippen LogP contribution in [0.15, 0.2) is 90.2 Å². The molecular weight excluding hydrogens is 508 g/mol. The molecule has 0 N–H and O–H groups in total. The van der Waals surface area contributed by atoms with Crippen LogP contribution in [0.2, 0.25) is 0 Å². The summed E-state index contributed by atoms with van der Waals surface area (Å²) < 4.78 is 55.7. The van der Waals surface area contributed by atoms with Gasteiger partial charge in [-0.25, -0.2) is 22.2 Å². The normalized spacial score (nSPS) is 11.6. The highest BCUT2D eigenvalue weighted by molar-refractivity contribution is 7.90. The standard InChI is InChI=1S/C29H29F2N3O3S/c1-21(2)17-33(28(35)24-9-6-10-26(31)15-24)19-27-16-32-29(34(27)18-22-7-4-3-5-8-22)38(36,37)20-23-11-13-25(30)14-12-23/h3-16,21H,17-20H2,1-2H3. The molecule has 0 fully saturated rings. The molecule has 198 valence electrons. The van der Waals surface area contributed by atoms with Gasteiger partial charge in [0.25, 0.3) is 5.91 Å². The van der Waals surface area contributed by atoms with Gasteiger partial charge in [0.05, 0.1) is 30.7 Å². The molecule has 4 aromatic rings. The van der Waals surface area contributed by atoms with E-state index in [1.54, 1.807) is 15.5 Å². The van der Waals surface area contributed by atoms with Crippen LogP contribution in [-0.2, 0) is 28.7 Å². The van der Waals surface area contributed by atoms with Gasteiger partial charge in [0.2, 0.25) is 15.0 Å². The number of imidazole rings is 1. The molecule has 0 aliphatic rings.